The Morgan fingerprint density at radius 2 is 1.91 bits per heavy atom. The maximum absolute atomic E-state index is 6.03. The number of halogens is 2. The van der Waals surface area contributed by atoms with Gasteiger partial charge in [0.2, 0.25) is 5.95 Å². The number of aromatic nitrogens is 2. The molecule has 0 saturated heterocycles. The Morgan fingerprint density at radius 3 is 2.59 bits per heavy atom. The van der Waals surface area contributed by atoms with Gasteiger partial charge in [0.1, 0.15) is 11.6 Å². The van der Waals surface area contributed by atoms with Crippen LogP contribution in [0.2, 0.25) is 5.02 Å². The topological polar surface area (TPSA) is 87.0 Å². The Balaban J connectivity index is 0.00000242. The molecule has 0 bridgehead atoms. The number of ether oxygens (including phenoxy) is 1. The number of hydrogen-bond donors (Lipinski definition) is 2. The first-order valence-corrected chi connectivity index (χ1v) is 7.27. The zero-order valence-corrected chi connectivity index (χ0v) is 14.0. The number of nitrogens with zero attached hydrogens (tertiary/aromatic N) is 2. The number of rotatable bonds is 6. The van der Waals surface area contributed by atoms with Gasteiger partial charge in [0, 0.05) is 5.56 Å². The molecule has 0 aliphatic heterocycles. The van der Waals surface area contributed by atoms with Crippen molar-refractivity contribution in [1.82, 2.24) is 9.97 Å². The van der Waals surface area contributed by atoms with E-state index in [-0.39, 0.29) is 18.4 Å². The van der Waals surface area contributed by atoms with Crippen LogP contribution < -0.4 is 16.2 Å². The maximum atomic E-state index is 6.03. The third-order valence-electron chi connectivity index (χ3n) is 3.14. The first kappa shape index (κ1) is 18.3. The lowest BCUT2D eigenvalue weighted by Crippen LogP contribution is -2.10. The second-order valence-electron chi connectivity index (χ2n) is 4.63. The molecule has 1 aromatic carbocycles. The molecule has 1 heterocycles. The first-order valence-electron chi connectivity index (χ1n) is 6.90. The fraction of sp³-hybridized carbons (Fsp3) is 0.333. The van der Waals surface area contributed by atoms with Crippen LogP contribution in [-0.2, 0) is 12.8 Å². The predicted molar refractivity (Wildman–Crippen MR) is 92.8 cm³/mol. The number of aryl methyl sites for hydroxylation is 1. The summed E-state index contributed by atoms with van der Waals surface area (Å²) in [7, 11) is 0. The van der Waals surface area contributed by atoms with Crippen molar-refractivity contribution >= 4 is 35.8 Å². The van der Waals surface area contributed by atoms with Crippen molar-refractivity contribution in [1.29, 1.82) is 0 Å². The highest BCUT2D eigenvalue weighted by molar-refractivity contribution is 6.32. The van der Waals surface area contributed by atoms with E-state index in [0.29, 0.717) is 23.2 Å². The minimum atomic E-state index is 0. The van der Waals surface area contributed by atoms with Crippen molar-refractivity contribution in [3.63, 3.8) is 0 Å². The second-order valence-corrected chi connectivity index (χ2v) is 5.04. The lowest BCUT2D eigenvalue weighted by molar-refractivity contribution is 0.311. The number of benzene rings is 1. The summed E-state index contributed by atoms with van der Waals surface area (Å²) in [5.74, 6) is 1.37. The van der Waals surface area contributed by atoms with Gasteiger partial charge in [-0.1, -0.05) is 30.7 Å². The van der Waals surface area contributed by atoms with E-state index in [9.17, 15) is 0 Å². The van der Waals surface area contributed by atoms with Gasteiger partial charge in [-0.2, -0.15) is 4.98 Å². The number of anilines is 2. The Kier molecular flexibility index (Phi) is 7.21. The first-order chi connectivity index (χ1) is 10.1. The number of nitrogen functional groups attached to an aromatic ring is 2. The van der Waals surface area contributed by atoms with Gasteiger partial charge in [0.25, 0.3) is 0 Å². The predicted octanol–water partition coefficient (Wildman–Crippen LogP) is 3.29. The quantitative estimate of drug-likeness (QED) is 0.786. The molecule has 0 radical (unpaired) electrons. The number of para-hydroxylation sites is 1. The smallest absolute Gasteiger partial charge is 0.222 e. The molecule has 0 unspecified atom stereocenters. The fourth-order valence-electron chi connectivity index (χ4n) is 2.13. The van der Waals surface area contributed by atoms with Gasteiger partial charge >= 0.3 is 0 Å². The van der Waals surface area contributed by atoms with Gasteiger partial charge < -0.3 is 16.2 Å². The van der Waals surface area contributed by atoms with Crippen molar-refractivity contribution in [2.75, 3.05) is 18.1 Å². The van der Waals surface area contributed by atoms with E-state index in [4.69, 9.17) is 27.8 Å². The minimum Gasteiger partial charge on any atom is -0.492 e. The molecule has 0 spiro atoms. The van der Waals surface area contributed by atoms with Crippen molar-refractivity contribution in [2.24, 2.45) is 0 Å². The molecule has 0 atom stereocenters. The Labute approximate surface area is 141 Å². The summed E-state index contributed by atoms with van der Waals surface area (Å²) in [5.41, 5.74) is 13.4. The molecule has 0 amide bonds. The van der Waals surface area contributed by atoms with Crippen LogP contribution in [0, 0.1) is 0 Å². The third kappa shape index (κ3) is 4.64. The monoisotopic (exact) mass is 342 g/mol. The number of nitrogens with two attached hydrogens (primary N) is 2. The second kappa shape index (κ2) is 8.66. The molecule has 7 heteroatoms. The van der Waals surface area contributed by atoms with Crippen LogP contribution in [-0.4, -0.2) is 16.6 Å². The van der Waals surface area contributed by atoms with Crippen LogP contribution in [0.1, 0.15) is 24.6 Å². The average molecular weight is 343 g/mol. The zero-order valence-electron chi connectivity index (χ0n) is 12.4. The van der Waals surface area contributed by atoms with Crippen molar-refractivity contribution in [3.05, 3.63) is 40.5 Å². The molecule has 5 nitrogen and oxygen atoms in total. The Hall–Kier alpha value is -1.72. The van der Waals surface area contributed by atoms with E-state index in [1.807, 2.05) is 25.1 Å². The van der Waals surface area contributed by atoms with Crippen molar-refractivity contribution in [2.45, 2.75) is 26.2 Å². The van der Waals surface area contributed by atoms with Crippen LogP contribution in [0.15, 0.2) is 24.3 Å². The number of hydrogen-bond acceptors (Lipinski definition) is 5. The molecular weight excluding hydrogens is 323 g/mol. The van der Waals surface area contributed by atoms with E-state index in [1.54, 1.807) is 6.07 Å². The van der Waals surface area contributed by atoms with Crippen LogP contribution in [0.4, 0.5) is 11.8 Å². The van der Waals surface area contributed by atoms with E-state index < -0.39 is 0 Å². The lowest BCUT2D eigenvalue weighted by atomic mass is 10.1. The zero-order chi connectivity index (χ0) is 15.2. The highest BCUT2D eigenvalue weighted by Crippen LogP contribution is 2.23. The normalized spacial score (nSPS) is 10.1. The maximum Gasteiger partial charge on any atom is 0.222 e. The van der Waals surface area contributed by atoms with Crippen LogP contribution in [0.5, 0.6) is 5.75 Å². The molecule has 0 saturated carbocycles. The van der Waals surface area contributed by atoms with Crippen LogP contribution in [0.3, 0.4) is 0 Å². The molecule has 0 aliphatic carbocycles. The van der Waals surface area contributed by atoms with Crippen molar-refractivity contribution in [3.8, 4) is 5.75 Å². The SMILES string of the molecule is CCc1nc(N)nc(N)c1CCCOc1ccccc1Cl.Cl. The summed E-state index contributed by atoms with van der Waals surface area (Å²) in [4.78, 5) is 8.24. The molecule has 120 valence electrons. The molecule has 1 aromatic heterocycles. The lowest BCUT2D eigenvalue weighted by Gasteiger charge is -2.11. The summed E-state index contributed by atoms with van der Waals surface area (Å²) < 4.78 is 5.66. The van der Waals surface area contributed by atoms with Crippen LogP contribution >= 0.6 is 24.0 Å². The van der Waals surface area contributed by atoms with Gasteiger partial charge in [0.15, 0.2) is 0 Å². The van der Waals surface area contributed by atoms with E-state index in [2.05, 4.69) is 9.97 Å². The van der Waals surface area contributed by atoms with Gasteiger partial charge in [-0.25, -0.2) is 4.98 Å². The van der Waals surface area contributed by atoms with Crippen LogP contribution in [0.25, 0.3) is 0 Å². The summed E-state index contributed by atoms with van der Waals surface area (Å²) >= 11 is 6.03. The highest BCUT2D eigenvalue weighted by Gasteiger charge is 2.10. The Morgan fingerprint density at radius 1 is 1.18 bits per heavy atom. The molecule has 0 aliphatic rings. The minimum absolute atomic E-state index is 0. The summed E-state index contributed by atoms with van der Waals surface area (Å²) in [6, 6.07) is 7.41. The molecule has 22 heavy (non-hydrogen) atoms. The Bertz CT molecular complexity index is 622. The van der Waals surface area contributed by atoms with Gasteiger partial charge in [-0.05, 0) is 31.4 Å². The molecule has 0 fully saturated rings. The summed E-state index contributed by atoms with van der Waals surface area (Å²) in [6.07, 6.45) is 2.33. The molecule has 4 N–H and O–H groups in total. The van der Waals surface area contributed by atoms with Gasteiger partial charge in [-0.3, -0.25) is 0 Å². The summed E-state index contributed by atoms with van der Waals surface area (Å²) in [5, 5.41) is 0.613. The highest BCUT2D eigenvalue weighted by atomic mass is 35.5. The van der Waals surface area contributed by atoms with E-state index in [1.165, 1.54) is 0 Å². The van der Waals surface area contributed by atoms with Gasteiger partial charge in [-0.15, -0.1) is 12.4 Å². The largest absolute Gasteiger partial charge is 0.492 e. The third-order valence-corrected chi connectivity index (χ3v) is 3.45. The molecular formula is C15H20Cl2N4O. The van der Waals surface area contributed by atoms with Gasteiger partial charge in [0.05, 0.1) is 17.3 Å². The molecule has 2 aromatic rings. The summed E-state index contributed by atoms with van der Waals surface area (Å²) in [6.45, 7) is 2.57. The average Bonchev–Trinajstić information content (AvgIpc) is 2.46. The van der Waals surface area contributed by atoms with E-state index in [0.717, 1.165) is 30.5 Å². The van der Waals surface area contributed by atoms with E-state index >= 15 is 0 Å². The molecule has 2 rings (SSSR count). The fourth-order valence-corrected chi connectivity index (χ4v) is 2.32. The standard InChI is InChI=1S/C15H19ClN4O.ClH/c1-2-12-10(14(17)20-15(18)19-12)6-5-9-21-13-8-4-3-7-11(13)16;/h3-4,7-8H,2,5-6,9H2,1H3,(H4,17,18,19,20);1H. The van der Waals surface area contributed by atoms with Crippen molar-refractivity contribution < 1.29 is 4.74 Å².